The molecule has 108 valence electrons. The summed E-state index contributed by atoms with van der Waals surface area (Å²) in [6.45, 7) is 3.00. The highest BCUT2D eigenvalue weighted by Crippen LogP contribution is 2.37. The van der Waals surface area contributed by atoms with E-state index < -0.39 is 0 Å². The number of rotatable bonds is 1. The lowest BCUT2D eigenvalue weighted by Crippen LogP contribution is -2.32. The van der Waals surface area contributed by atoms with Crippen molar-refractivity contribution in [3.8, 4) is 0 Å². The Kier molecular flexibility index (Phi) is 4.54. The third-order valence-corrected chi connectivity index (χ3v) is 5.54. The van der Waals surface area contributed by atoms with Crippen LogP contribution in [0.2, 0.25) is 0 Å². The zero-order valence-corrected chi connectivity index (χ0v) is 14.7. The molecule has 0 aliphatic carbocycles. The summed E-state index contributed by atoms with van der Waals surface area (Å²) in [5.74, 6) is 0.0913. The summed E-state index contributed by atoms with van der Waals surface area (Å²) in [5, 5.41) is 0.528. The van der Waals surface area contributed by atoms with Gasteiger partial charge in [-0.05, 0) is 65.4 Å². The molecule has 0 radical (unpaired) electrons. The molecule has 0 N–H and O–H groups in total. The molecule has 0 spiro atoms. The second kappa shape index (κ2) is 6.40. The van der Waals surface area contributed by atoms with Gasteiger partial charge >= 0.3 is 0 Å². The minimum atomic E-state index is 0.0913. The van der Waals surface area contributed by atoms with Crippen LogP contribution in [-0.4, -0.2) is 17.7 Å². The molecule has 1 unspecified atom stereocenters. The van der Waals surface area contributed by atoms with E-state index in [2.05, 4.69) is 35.6 Å². The van der Waals surface area contributed by atoms with Crippen molar-refractivity contribution in [2.45, 2.75) is 23.5 Å². The predicted octanol–water partition coefficient (Wildman–Crippen LogP) is 4.82. The van der Waals surface area contributed by atoms with Crippen molar-refractivity contribution < 1.29 is 4.79 Å². The van der Waals surface area contributed by atoms with Gasteiger partial charge in [0.15, 0.2) is 0 Å². The van der Waals surface area contributed by atoms with E-state index in [0.717, 1.165) is 27.8 Å². The molecular weight excluding hydrogens is 393 g/mol. The lowest BCUT2D eigenvalue weighted by molar-refractivity contribution is 0.0986. The Morgan fingerprint density at radius 3 is 2.67 bits per heavy atom. The maximum absolute atomic E-state index is 12.8. The van der Waals surface area contributed by atoms with E-state index in [1.54, 1.807) is 0 Å². The highest BCUT2D eigenvalue weighted by molar-refractivity contribution is 14.1. The van der Waals surface area contributed by atoms with Gasteiger partial charge in [-0.2, -0.15) is 0 Å². The van der Waals surface area contributed by atoms with Crippen molar-refractivity contribution in [2.24, 2.45) is 0 Å². The van der Waals surface area contributed by atoms with Crippen molar-refractivity contribution in [1.29, 1.82) is 0 Å². The fourth-order valence-electron chi connectivity index (χ4n) is 2.45. The molecule has 0 saturated heterocycles. The van der Waals surface area contributed by atoms with Crippen LogP contribution in [0.15, 0.2) is 53.4 Å². The molecule has 4 heteroatoms. The zero-order chi connectivity index (χ0) is 14.8. The molecule has 0 saturated carbocycles. The van der Waals surface area contributed by atoms with Crippen LogP contribution in [0.4, 0.5) is 5.69 Å². The fourth-order valence-corrected chi connectivity index (χ4v) is 3.92. The fraction of sp³-hybridized carbons (Fsp3) is 0.235. The van der Waals surface area contributed by atoms with E-state index in [0.29, 0.717) is 5.25 Å². The van der Waals surface area contributed by atoms with Gasteiger partial charge in [0.1, 0.15) is 0 Å². The highest BCUT2D eigenvalue weighted by Gasteiger charge is 2.24. The summed E-state index contributed by atoms with van der Waals surface area (Å²) in [4.78, 5) is 16.0. The normalized spacial score (nSPS) is 18.0. The van der Waals surface area contributed by atoms with Crippen LogP contribution < -0.4 is 4.90 Å². The number of halogens is 1. The summed E-state index contributed by atoms with van der Waals surface area (Å²) in [6.07, 6.45) is 1.01. The number of amides is 1. The third kappa shape index (κ3) is 3.26. The van der Waals surface area contributed by atoms with Crippen molar-refractivity contribution >= 4 is 45.9 Å². The molecule has 2 aromatic rings. The number of para-hydroxylation sites is 1. The van der Waals surface area contributed by atoms with Crippen LogP contribution in [0.1, 0.15) is 23.7 Å². The SMILES string of the molecule is CC1CCN(C(=O)c2ccc(I)cc2)c2ccccc2S1. The van der Waals surface area contributed by atoms with E-state index in [1.165, 1.54) is 4.90 Å². The summed E-state index contributed by atoms with van der Waals surface area (Å²) >= 11 is 4.11. The van der Waals surface area contributed by atoms with E-state index >= 15 is 0 Å². The van der Waals surface area contributed by atoms with Crippen molar-refractivity contribution in [1.82, 2.24) is 0 Å². The van der Waals surface area contributed by atoms with Gasteiger partial charge < -0.3 is 4.90 Å². The lowest BCUT2D eigenvalue weighted by atomic mass is 10.1. The van der Waals surface area contributed by atoms with Crippen LogP contribution >= 0.6 is 34.4 Å². The minimum absolute atomic E-state index is 0.0913. The number of fused-ring (bicyclic) bond motifs is 1. The molecule has 21 heavy (non-hydrogen) atoms. The molecule has 1 aliphatic heterocycles. The monoisotopic (exact) mass is 409 g/mol. The molecule has 1 amide bonds. The average molecular weight is 409 g/mol. The molecule has 0 bridgehead atoms. The molecule has 1 heterocycles. The van der Waals surface area contributed by atoms with Crippen molar-refractivity contribution in [2.75, 3.05) is 11.4 Å². The van der Waals surface area contributed by atoms with E-state index in [4.69, 9.17) is 0 Å². The first-order valence-electron chi connectivity index (χ1n) is 6.98. The topological polar surface area (TPSA) is 20.3 Å². The van der Waals surface area contributed by atoms with Crippen LogP contribution in [0.3, 0.4) is 0 Å². The van der Waals surface area contributed by atoms with Gasteiger partial charge in [0, 0.05) is 25.8 Å². The van der Waals surface area contributed by atoms with Crippen LogP contribution in [0.5, 0.6) is 0 Å². The Labute approximate surface area is 143 Å². The van der Waals surface area contributed by atoms with Gasteiger partial charge in [0.25, 0.3) is 5.91 Å². The number of benzene rings is 2. The second-order valence-corrected chi connectivity index (χ2v) is 7.87. The lowest BCUT2D eigenvalue weighted by Gasteiger charge is -2.22. The molecule has 3 rings (SSSR count). The summed E-state index contributed by atoms with van der Waals surface area (Å²) in [6, 6.07) is 16.0. The van der Waals surface area contributed by atoms with Gasteiger partial charge in [-0.1, -0.05) is 19.1 Å². The Hall–Kier alpha value is -1.01. The van der Waals surface area contributed by atoms with E-state index in [9.17, 15) is 4.79 Å². The first-order chi connectivity index (χ1) is 10.1. The number of thioether (sulfide) groups is 1. The quantitative estimate of drug-likeness (QED) is 0.630. The maximum atomic E-state index is 12.8. The molecular formula is C17H16INOS. The zero-order valence-electron chi connectivity index (χ0n) is 11.8. The number of carbonyl (C=O) groups excluding carboxylic acids is 1. The molecule has 2 nitrogen and oxygen atoms in total. The molecule has 0 fully saturated rings. The molecule has 0 aromatic heterocycles. The average Bonchev–Trinajstić information content (AvgIpc) is 2.65. The summed E-state index contributed by atoms with van der Waals surface area (Å²) in [5.41, 5.74) is 1.79. The molecule has 2 aromatic carbocycles. The van der Waals surface area contributed by atoms with Crippen molar-refractivity contribution in [3.63, 3.8) is 0 Å². The number of nitrogens with zero attached hydrogens (tertiary/aromatic N) is 1. The van der Waals surface area contributed by atoms with Gasteiger partial charge in [-0.3, -0.25) is 4.79 Å². The maximum Gasteiger partial charge on any atom is 0.258 e. The number of hydrogen-bond acceptors (Lipinski definition) is 2. The Bertz CT molecular complexity index is 656. The number of anilines is 1. The molecule has 1 atom stereocenters. The van der Waals surface area contributed by atoms with Gasteiger partial charge in [-0.25, -0.2) is 0 Å². The van der Waals surface area contributed by atoms with Gasteiger partial charge in [0.05, 0.1) is 5.69 Å². The van der Waals surface area contributed by atoms with Crippen LogP contribution in [-0.2, 0) is 0 Å². The Morgan fingerprint density at radius 2 is 1.90 bits per heavy atom. The van der Waals surface area contributed by atoms with Crippen molar-refractivity contribution in [3.05, 3.63) is 57.7 Å². The second-order valence-electron chi connectivity index (χ2n) is 5.15. The Morgan fingerprint density at radius 1 is 1.19 bits per heavy atom. The highest BCUT2D eigenvalue weighted by atomic mass is 127. The van der Waals surface area contributed by atoms with E-state index in [-0.39, 0.29) is 5.91 Å². The first kappa shape index (κ1) is 14.9. The Balaban J connectivity index is 1.97. The summed E-state index contributed by atoms with van der Waals surface area (Å²) < 4.78 is 1.14. The van der Waals surface area contributed by atoms with E-state index in [1.807, 2.05) is 59.1 Å². The smallest absolute Gasteiger partial charge is 0.258 e. The molecule has 1 aliphatic rings. The predicted molar refractivity (Wildman–Crippen MR) is 97.2 cm³/mol. The largest absolute Gasteiger partial charge is 0.307 e. The first-order valence-corrected chi connectivity index (χ1v) is 8.94. The summed E-state index contributed by atoms with van der Waals surface area (Å²) in [7, 11) is 0. The minimum Gasteiger partial charge on any atom is -0.307 e. The standard InChI is InChI=1S/C17H16INOS/c1-12-10-11-19(15-4-2-3-5-16(15)21-12)17(20)13-6-8-14(18)9-7-13/h2-9,12H,10-11H2,1H3. The third-order valence-electron chi connectivity index (χ3n) is 3.58. The number of carbonyl (C=O) groups is 1. The number of hydrogen-bond donors (Lipinski definition) is 0. The van der Waals surface area contributed by atoms with Crippen LogP contribution in [0, 0.1) is 3.57 Å². The van der Waals surface area contributed by atoms with Crippen LogP contribution in [0.25, 0.3) is 0 Å². The van der Waals surface area contributed by atoms with Gasteiger partial charge in [0.2, 0.25) is 0 Å². The van der Waals surface area contributed by atoms with Gasteiger partial charge in [-0.15, -0.1) is 11.8 Å².